The van der Waals surface area contributed by atoms with Crippen LogP contribution in [0.25, 0.3) is 10.9 Å². The highest BCUT2D eigenvalue weighted by molar-refractivity contribution is 5.79. The molecule has 0 bridgehead atoms. The van der Waals surface area contributed by atoms with E-state index in [1.54, 1.807) is 24.5 Å². The number of H-pyrrole nitrogens is 1. The van der Waals surface area contributed by atoms with Crippen molar-refractivity contribution in [3.8, 4) is 5.75 Å². The molecule has 1 aliphatic rings. The molecular formula is C23H27FN2O2. The number of aromatic amines is 1. The minimum atomic E-state index is -0.940. The van der Waals surface area contributed by atoms with Crippen molar-refractivity contribution in [2.75, 3.05) is 6.61 Å². The maximum atomic E-state index is 14.0. The Hall–Kier alpha value is -2.40. The van der Waals surface area contributed by atoms with Gasteiger partial charge in [0.25, 0.3) is 0 Å². The number of benzene rings is 1. The summed E-state index contributed by atoms with van der Waals surface area (Å²) in [6, 6.07) is 8.72. The number of hydrogen-bond donors (Lipinski definition) is 2. The number of nitrogens with one attached hydrogen (secondary N) is 1. The lowest BCUT2D eigenvalue weighted by Gasteiger charge is -2.43. The molecule has 3 heterocycles. The lowest BCUT2D eigenvalue weighted by atomic mass is 9.66. The molecule has 2 unspecified atom stereocenters. The van der Waals surface area contributed by atoms with Crippen LogP contribution in [0.2, 0.25) is 0 Å². The van der Waals surface area contributed by atoms with Crippen molar-refractivity contribution in [3.63, 3.8) is 0 Å². The van der Waals surface area contributed by atoms with Gasteiger partial charge in [0.2, 0.25) is 0 Å². The Morgan fingerprint density at radius 1 is 1.32 bits per heavy atom. The Labute approximate surface area is 164 Å². The first-order chi connectivity index (χ1) is 13.3. The van der Waals surface area contributed by atoms with Crippen molar-refractivity contribution >= 4 is 10.9 Å². The first-order valence-corrected chi connectivity index (χ1v) is 9.86. The molecule has 4 nitrogen and oxygen atoms in total. The van der Waals surface area contributed by atoms with E-state index in [-0.39, 0.29) is 17.2 Å². The van der Waals surface area contributed by atoms with Crippen LogP contribution in [0.15, 0.2) is 42.7 Å². The van der Waals surface area contributed by atoms with Gasteiger partial charge in [0.15, 0.2) is 0 Å². The molecule has 2 N–H and O–H groups in total. The van der Waals surface area contributed by atoms with Crippen LogP contribution in [-0.2, 0) is 11.8 Å². The van der Waals surface area contributed by atoms with Crippen LogP contribution in [0.4, 0.5) is 4.39 Å². The summed E-state index contributed by atoms with van der Waals surface area (Å²) >= 11 is 0. The molecule has 1 aliphatic heterocycles. The van der Waals surface area contributed by atoms with Gasteiger partial charge in [-0.25, -0.2) is 4.39 Å². The third-order valence-corrected chi connectivity index (χ3v) is 6.25. The molecular weight excluding hydrogens is 355 g/mol. The van der Waals surface area contributed by atoms with E-state index in [9.17, 15) is 9.50 Å². The highest BCUT2D eigenvalue weighted by Gasteiger charge is 2.43. The molecule has 1 aromatic carbocycles. The molecule has 0 spiro atoms. The monoisotopic (exact) mass is 382 g/mol. The minimum absolute atomic E-state index is 0.0358. The van der Waals surface area contributed by atoms with Crippen molar-refractivity contribution < 1.29 is 14.2 Å². The van der Waals surface area contributed by atoms with E-state index in [1.807, 2.05) is 19.9 Å². The fourth-order valence-electron chi connectivity index (χ4n) is 4.41. The summed E-state index contributed by atoms with van der Waals surface area (Å²) in [5.74, 6) is 0.485. The zero-order valence-electron chi connectivity index (χ0n) is 16.6. The van der Waals surface area contributed by atoms with Crippen LogP contribution in [-0.4, -0.2) is 27.3 Å². The summed E-state index contributed by atoms with van der Waals surface area (Å²) in [6.07, 6.45) is 5.34. The van der Waals surface area contributed by atoms with Crippen molar-refractivity contribution in [3.05, 3.63) is 59.8 Å². The Morgan fingerprint density at radius 3 is 2.89 bits per heavy atom. The van der Waals surface area contributed by atoms with E-state index in [0.29, 0.717) is 19.4 Å². The summed E-state index contributed by atoms with van der Waals surface area (Å²) in [5.41, 5.74) is 1.49. The Balaban J connectivity index is 1.67. The molecule has 28 heavy (non-hydrogen) atoms. The minimum Gasteiger partial charge on any atom is -0.493 e. The number of ether oxygens (including phenoxy) is 1. The van der Waals surface area contributed by atoms with Gasteiger partial charge in [0.05, 0.1) is 23.9 Å². The fraction of sp³-hybridized carbons (Fsp3) is 0.435. The highest BCUT2D eigenvalue weighted by atomic mass is 19.1. The highest BCUT2D eigenvalue weighted by Crippen LogP contribution is 2.46. The smallest absolute Gasteiger partial charge is 0.123 e. The summed E-state index contributed by atoms with van der Waals surface area (Å²) in [4.78, 5) is 7.53. The predicted molar refractivity (Wildman–Crippen MR) is 108 cm³/mol. The van der Waals surface area contributed by atoms with Crippen LogP contribution in [0.3, 0.4) is 0 Å². The van der Waals surface area contributed by atoms with Crippen LogP contribution in [0, 0.1) is 11.7 Å². The Bertz CT molecular complexity index is 966. The first kappa shape index (κ1) is 18.9. The summed E-state index contributed by atoms with van der Waals surface area (Å²) in [7, 11) is 0. The van der Waals surface area contributed by atoms with E-state index in [1.165, 1.54) is 6.07 Å². The number of aliphatic hydroxyl groups is 1. The molecule has 148 valence electrons. The third kappa shape index (κ3) is 3.39. The first-order valence-electron chi connectivity index (χ1n) is 9.86. The van der Waals surface area contributed by atoms with Gasteiger partial charge < -0.3 is 14.8 Å². The average molecular weight is 382 g/mol. The molecule has 5 heteroatoms. The van der Waals surface area contributed by atoms with Crippen molar-refractivity contribution in [1.29, 1.82) is 0 Å². The van der Waals surface area contributed by atoms with Gasteiger partial charge in [0.1, 0.15) is 11.6 Å². The number of rotatable bonds is 5. The summed E-state index contributed by atoms with van der Waals surface area (Å²) in [6.45, 7) is 6.76. The molecule has 0 aliphatic carbocycles. The zero-order chi connectivity index (χ0) is 19.9. The molecule has 0 radical (unpaired) electrons. The van der Waals surface area contributed by atoms with Crippen LogP contribution < -0.4 is 4.74 Å². The van der Waals surface area contributed by atoms with Gasteiger partial charge in [-0.2, -0.15) is 0 Å². The SMILES string of the molecule is CC(C)C(O)(Cc1cc2ccncc2[nH]1)CC1(C)CCOc2ccc(F)cc21. The summed E-state index contributed by atoms with van der Waals surface area (Å²) in [5, 5.41) is 12.8. The molecule has 0 saturated heterocycles. The second kappa shape index (κ2) is 6.89. The van der Waals surface area contributed by atoms with Gasteiger partial charge in [0, 0.05) is 34.7 Å². The number of halogens is 1. The molecule has 2 aromatic heterocycles. The number of pyridine rings is 1. The van der Waals surface area contributed by atoms with Crippen LogP contribution >= 0.6 is 0 Å². The maximum absolute atomic E-state index is 14.0. The lowest BCUT2D eigenvalue weighted by molar-refractivity contribution is -0.0361. The Kier molecular flexibility index (Phi) is 4.66. The number of nitrogens with zero attached hydrogens (tertiary/aromatic N) is 1. The zero-order valence-corrected chi connectivity index (χ0v) is 16.6. The second-order valence-electron chi connectivity index (χ2n) is 8.67. The topological polar surface area (TPSA) is 58.1 Å². The molecule has 0 fully saturated rings. The van der Waals surface area contributed by atoms with E-state index in [0.717, 1.165) is 34.3 Å². The second-order valence-corrected chi connectivity index (χ2v) is 8.67. The van der Waals surface area contributed by atoms with Gasteiger partial charge >= 0.3 is 0 Å². The standard InChI is InChI=1S/C23H27FN2O2/c1-15(2)23(27,12-18-10-16-6-8-25-13-20(16)26-18)14-22(3)7-9-28-21-5-4-17(24)11-19(21)22/h4-6,8,10-11,13,15,26-27H,7,9,12,14H2,1-3H3. The van der Waals surface area contributed by atoms with Crippen LogP contribution in [0.1, 0.15) is 44.9 Å². The third-order valence-electron chi connectivity index (χ3n) is 6.25. The quantitative estimate of drug-likeness (QED) is 0.669. The van der Waals surface area contributed by atoms with E-state index < -0.39 is 5.60 Å². The number of aromatic nitrogens is 2. The summed E-state index contributed by atoms with van der Waals surface area (Å²) < 4.78 is 19.7. The van der Waals surface area contributed by atoms with Gasteiger partial charge in [-0.15, -0.1) is 0 Å². The fourth-order valence-corrected chi connectivity index (χ4v) is 4.41. The molecule has 4 rings (SSSR count). The molecule has 2 atom stereocenters. The molecule has 3 aromatic rings. The van der Waals surface area contributed by atoms with Gasteiger partial charge in [-0.1, -0.05) is 20.8 Å². The molecule has 0 amide bonds. The van der Waals surface area contributed by atoms with Crippen molar-refractivity contribution in [2.24, 2.45) is 5.92 Å². The van der Waals surface area contributed by atoms with Crippen LogP contribution in [0.5, 0.6) is 5.75 Å². The van der Waals surface area contributed by atoms with Gasteiger partial charge in [-0.05, 0) is 49.1 Å². The van der Waals surface area contributed by atoms with Gasteiger partial charge in [-0.3, -0.25) is 4.98 Å². The van der Waals surface area contributed by atoms with E-state index in [4.69, 9.17) is 4.74 Å². The lowest BCUT2D eigenvalue weighted by Crippen LogP contribution is -2.45. The normalized spacial score (nSPS) is 21.4. The van der Waals surface area contributed by atoms with Crippen molar-refractivity contribution in [1.82, 2.24) is 9.97 Å². The molecule has 0 saturated carbocycles. The number of hydrogen-bond acceptors (Lipinski definition) is 3. The largest absolute Gasteiger partial charge is 0.493 e. The predicted octanol–water partition coefficient (Wildman–Crippen LogP) is 4.76. The van der Waals surface area contributed by atoms with E-state index in [2.05, 4.69) is 23.0 Å². The van der Waals surface area contributed by atoms with E-state index >= 15 is 0 Å². The van der Waals surface area contributed by atoms with Crippen molar-refractivity contribution in [2.45, 2.75) is 51.0 Å². The average Bonchev–Trinajstić information content (AvgIpc) is 3.04. The Morgan fingerprint density at radius 2 is 2.14 bits per heavy atom. The number of fused-ring (bicyclic) bond motifs is 2. The maximum Gasteiger partial charge on any atom is 0.123 e.